The van der Waals surface area contributed by atoms with E-state index in [1.807, 2.05) is 18.2 Å². The van der Waals surface area contributed by atoms with Crippen LogP contribution in [0.4, 0.5) is 11.5 Å². The summed E-state index contributed by atoms with van der Waals surface area (Å²) in [7, 11) is -1.10. The number of piperazine rings is 1. The quantitative estimate of drug-likeness (QED) is 0.542. The monoisotopic (exact) mass is 505 g/mol. The van der Waals surface area contributed by atoms with E-state index in [0.717, 1.165) is 56.2 Å². The van der Waals surface area contributed by atoms with Crippen LogP contribution in [0, 0.1) is 6.92 Å². The van der Waals surface area contributed by atoms with Crippen molar-refractivity contribution in [1.29, 1.82) is 0 Å². The van der Waals surface area contributed by atoms with Gasteiger partial charge in [0, 0.05) is 75.5 Å². The van der Waals surface area contributed by atoms with Crippen LogP contribution in [0.25, 0.3) is 10.9 Å². The summed E-state index contributed by atoms with van der Waals surface area (Å²) in [4.78, 5) is 15.2. The van der Waals surface area contributed by atoms with E-state index in [4.69, 9.17) is 4.98 Å². The van der Waals surface area contributed by atoms with Crippen LogP contribution in [0.15, 0.2) is 53.4 Å². The van der Waals surface area contributed by atoms with E-state index in [1.165, 1.54) is 23.1 Å². The van der Waals surface area contributed by atoms with E-state index in [9.17, 15) is 8.42 Å². The fourth-order valence-corrected chi connectivity index (χ4v) is 7.43. The molecule has 0 spiro atoms. The van der Waals surface area contributed by atoms with Crippen molar-refractivity contribution in [2.75, 3.05) is 68.4 Å². The van der Waals surface area contributed by atoms with Gasteiger partial charge in [0.1, 0.15) is 5.82 Å². The molecule has 2 aromatic carbocycles. The Morgan fingerprint density at radius 1 is 0.917 bits per heavy atom. The Bertz CT molecular complexity index is 1380. The third-order valence-corrected chi connectivity index (χ3v) is 9.90. The Labute approximate surface area is 214 Å². The van der Waals surface area contributed by atoms with Gasteiger partial charge in [-0.3, -0.25) is 4.90 Å². The zero-order valence-electron chi connectivity index (χ0n) is 21.2. The number of fused-ring (bicyclic) bond motifs is 2. The minimum atomic E-state index is -3.31. The molecule has 7 nitrogen and oxygen atoms in total. The number of hydrogen-bond acceptors (Lipinski definition) is 7. The number of aryl methyl sites for hydroxylation is 1. The maximum Gasteiger partial charge on any atom is 0.180 e. The molecular formula is C28H35N5O2S. The van der Waals surface area contributed by atoms with Gasteiger partial charge in [-0.05, 0) is 44.2 Å². The van der Waals surface area contributed by atoms with Crippen molar-refractivity contribution in [3.63, 3.8) is 0 Å². The first-order valence-corrected chi connectivity index (χ1v) is 14.7. The molecule has 36 heavy (non-hydrogen) atoms. The highest BCUT2D eigenvalue weighted by Gasteiger charge is 2.31. The molecule has 0 radical (unpaired) electrons. The molecule has 2 saturated heterocycles. The van der Waals surface area contributed by atoms with E-state index >= 15 is 0 Å². The molecule has 3 aliphatic rings. The molecule has 4 heterocycles. The maximum absolute atomic E-state index is 12.9. The molecule has 8 heteroatoms. The lowest BCUT2D eigenvalue weighted by atomic mass is 10.1. The topological polar surface area (TPSA) is 60.0 Å². The summed E-state index contributed by atoms with van der Waals surface area (Å²) in [5, 5.41) is 1.18. The van der Waals surface area contributed by atoms with Crippen LogP contribution in [0.5, 0.6) is 0 Å². The van der Waals surface area contributed by atoms with Crippen LogP contribution in [-0.2, 0) is 16.4 Å². The van der Waals surface area contributed by atoms with E-state index in [1.54, 1.807) is 6.07 Å². The average Bonchev–Trinajstić information content (AvgIpc) is 3.31. The smallest absolute Gasteiger partial charge is 0.180 e. The Kier molecular flexibility index (Phi) is 6.14. The summed E-state index contributed by atoms with van der Waals surface area (Å²) in [6.07, 6.45) is 1.17. The lowest BCUT2D eigenvalue weighted by Crippen LogP contribution is -2.49. The third kappa shape index (κ3) is 4.46. The van der Waals surface area contributed by atoms with Gasteiger partial charge in [0.2, 0.25) is 0 Å². The Morgan fingerprint density at radius 3 is 2.56 bits per heavy atom. The highest BCUT2D eigenvalue weighted by Crippen LogP contribution is 2.35. The molecule has 2 fully saturated rings. The van der Waals surface area contributed by atoms with Crippen LogP contribution in [0.3, 0.4) is 0 Å². The predicted octanol–water partition coefficient (Wildman–Crippen LogP) is 3.16. The van der Waals surface area contributed by atoms with Crippen molar-refractivity contribution in [3.8, 4) is 0 Å². The summed E-state index contributed by atoms with van der Waals surface area (Å²) < 4.78 is 25.9. The highest BCUT2D eigenvalue weighted by molar-refractivity contribution is 7.91. The summed E-state index contributed by atoms with van der Waals surface area (Å²) in [6.45, 7) is 9.71. The summed E-state index contributed by atoms with van der Waals surface area (Å²) in [5.41, 5.74) is 4.26. The predicted molar refractivity (Wildman–Crippen MR) is 146 cm³/mol. The molecule has 3 aliphatic heterocycles. The van der Waals surface area contributed by atoms with Gasteiger partial charge in [0.05, 0.1) is 16.2 Å². The number of rotatable bonds is 3. The molecule has 0 unspecified atom stereocenters. The molecule has 0 saturated carbocycles. The van der Waals surface area contributed by atoms with Crippen molar-refractivity contribution >= 4 is 32.2 Å². The summed E-state index contributed by atoms with van der Waals surface area (Å²) >= 11 is 0. The van der Waals surface area contributed by atoms with Crippen molar-refractivity contribution in [2.24, 2.45) is 0 Å². The number of anilines is 2. The molecule has 0 amide bonds. The summed E-state index contributed by atoms with van der Waals surface area (Å²) in [6, 6.07) is 16.6. The highest BCUT2D eigenvalue weighted by atomic mass is 32.2. The second kappa shape index (κ2) is 9.32. The molecule has 1 aromatic heterocycles. The van der Waals surface area contributed by atoms with Gasteiger partial charge in [-0.25, -0.2) is 13.4 Å². The lowest BCUT2D eigenvalue weighted by molar-refractivity contribution is 0.120. The molecule has 190 valence electrons. The van der Waals surface area contributed by atoms with Crippen molar-refractivity contribution < 1.29 is 8.42 Å². The van der Waals surface area contributed by atoms with E-state index < -0.39 is 9.84 Å². The molecule has 0 N–H and O–H groups in total. The van der Waals surface area contributed by atoms with Gasteiger partial charge in [0.15, 0.2) is 9.84 Å². The normalized spacial score (nSPS) is 23.1. The molecule has 0 bridgehead atoms. The molecule has 0 aliphatic carbocycles. The minimum absolute atomic E-state index is 0.0994. The van der Waals surface area contributed by atoms with Crippen LogP contribution >= 0.6 is 0 Å². The second-order valence-corrected chi connectivity index (χ2v) is 12.7. The van der Waals surface area contributed by atoms with Crippen LogP contribution in [0.1, 0.15) is 17.5 Å². The Balaban J connectivity index is 1.35. The molecule has 1 atom stereocenters. The van der Waals surface area contributed by atoms with Crippen LogP contribution < -0.4 is 9.80 Å². The van der Waals surface area contributed by atoms with Crippen LogP contribution in [-0.4, -0.2) is 87.9 Å². The number of hydrogen-bond donors (Lipinski definition) is 0. The van der Waals surface area contributed by atoms with Gasteiger partial charge in [-0.2, -0.15) is 0 Å². The van der Waals surface area contributed by atoms with Gasteiger partial charge < -0.3 is 14.7 Å². The Morgan fingerprint density at radius 2 is 1.72 bits per heavy atom. The number of aromatic nitrogens is 1. The fraction of sp³-hybridized carbons (Fsp3) is 0.464. The van der Waals surface area contributed by atoms with E-state index in [-0.39, 0.29) is 5.75 Å². The van der Waals surface area contributed by atoms with Gasteiger partial charge >= 0.3 is 0 Å². The Hall–Kier alpha value is -2.68. The fourth-order valence-electron chi connectivity index (χ4n) is 5.94. The second-order valence-electron chi connectivity index (χ2n) is 10.6. The van der Waals surface area contributed by atoms with Crippen LogP contribution in [0.2, 0.25) is 0 Å². The minimum Gasteiger partial charge on any atom is -0.369 e. The standard InChI is InChI=1S/C28H35N5O2S/c1-21-7-8-25-24(17-21)26(32-10-9-23(20-32)31-13-11-30(2)12-14-31)18-28(29-25)33-15-16-36(34,35)27-6-4-3-5-22(27)19-33/h3-8,17-18,23H,9-16,19-20H2,1-2H3/t23-/m0/s1. The SMILES string of the molecule is Cc1ccc2nc(N3CCS(=O)(=O)c4ccccc4C3)cc(N3CC[C@H](N4CCN(C)CC4)C3)c2c1. The number of nitrogens with zero attached hydrogens (tertiary/aromatic N) is 5. The first-order chi connectivity index (χ1) is 17.4. The largest absolute Gasteiger partial charge is 0.369 e. The van der Waals surface area contributed by atoms with Gasteiger partial charge in [-0.15, -0.1) is 0 Å². The molecular weight excluding hydrogens is 470 g/mol. The average molecular weight is 506 g/mol. The third-order valence-electron chi connectivity index (χ3n) is 8.11. The van der Waals surface area contributed by atoms with E-state index in [0.29, 0.717) is 24.0 Å². The van der Waals surface area contributed by atoms with Crippen molar-refractivity contribution in [2.45, 2.75) is 30.8 Å². The number of likely N-dealkylation sites (N-methyl/N-ethyl adjacent to an activating group) is 1. The number of benzene rings is 2. The molecule has 3 aromatic rings. The van der Waals surface area contributed by atoms with Crippen molar-refractivity contribution in [3.05, 3.63) is 59.7 Å². The van der Waals surface area contributed by atoms with Crippen molar-refractivity contribution in [1.82, 2.24) is 14.8 Å². The first-order valence-electron chi connectivity index (χ1n) is 13.0. The van der Waals surface area contributed by atoms with Gasteiger partial charge in [-0.1, -0.05) is 29.8 Å². The zero-order chi connectivity index (χ0) is 24.9. The molecule has 6 rings (SSSR count). The van der Waals surface area contributed by atoms with Gasteiger partial charge in [0.25, 0.3) is 0 Å². The lowest BCUT2D eigenvalue weighted by Gasteiger charge is -2.36. The number of pyridine rings is 1. The number of sulfone groups is 1. The summed E-state index contributed by atoms with van der Waals surface area (Å²) in [5.74, 6) is 0.957. The zero-order valence-corrected chi connectivity index (χ0v) is 22.0. The maximum atomic E-state index is 12.9. The first kappa shape index (κ1) is 23.7. The van der Waals surface area contributed by atoms with E-state index in [2.05, 4.69) is 57.8 Å².